The standard InChI is InChI=1S/C13H16N2O3S/c1-2-8-14-13(19)15-10(12(17)18)11(16)9-6-4-3-5-7-9/h2-7,10-11,16H,1,8H2,(H,17,18)(H2,14,15,19). The van der Waals surface area contributed by atoms with E-state index >= 15 is 0 Å². The molecular formula is C13H16N2O3S. The molecule has 0 aliphatic heterocycles. The van der Waals surface area contributed by atoms with Gasteiger partial charge in [-0.15, -0.1) is 6.58 Å². The Labute approximate surface area is 117 Å². The Morgan fingerprint density at radius 2 is 2.05 bits per heavy atom. The summed E-state index contributed by atoms with van der Waals surface area (Å²) >= 11 is 4.94. The number of rotatable bonds is 6. The van der Waals surface area contributed by atoms with Crippen LogP contribution in [0.3, 0.4) is 0 Å². The molecule has 0 heterocycles. The molecule has 0 aromatic heterocycles. The summed E-state index contributed by atoms with van der Waals surface area (Å²) in [7, 11) is 0. The molecule has 5 nitrogen and oxygen atoms in total. The van der Waals surface area contributed by atoms with Crippen LogP contribution in [-0.2, 0) is 4.79 Å². The van der Waals surface area contributed by atoms with Gasteiger partial charge in [0.25, 0.3) is 0 Å². The summed E-state index contributed by atoms with van der Waals surface area (Å²) in [5.74, 6) is -1.18. The van der Waals surface area contributed by atoms with Gasteiger partial charge in [-0.05, 0) is 17.8 Å². The van der Waals surface area contributed by atoms with E-state index < -0.39 is 18.1 Å². The third kappa shape index (κ3) is 4.69. The molecule has 0 radical (unpaired) electrons. The van der Waals surface area contributed by atoms with Gasteiger partial charge in [-0.25, -0.2) is 4.79 Å². The number of carboxylic acid groups (broad SMARTS) is 1. The molecule has 1 aromatic carbocycles. The second-order valence-electron chi connectivity index (χ2n) is 3.81. The third-order valence-electron chi connectivity index (χ3n) is 2.42. The second kappa shape index (κ2) is 7.50. The summed E-state index contributed by atoms with van der Waals surface area (Å²) < 4.78 is 0. The van der Waals surface area contributed by atoms with Gasteiger partial charge in [0.15, 0.2) is 11.2 Å². The maximum absolute atomic E-state index is 11.2. The third-order valence-corrected chi connectivity index (χ3v) is 2.68. The van der Waals surface area contributed by atoms with Crippen molar-refractivity contribution in [2.75, 3.05) is 6.54 Å². The van der Waals surface area contributed by atoms with Gasteiger partial charge < -0.3 is 20.8 Å². The highest BCUT2D eigenvalue weighted by atomic mass is 32.1. The lowest BCUT2D eigenvalue weighted by Gasteiger charge is -2.22. The fourth-order valence-electron chi connectivity index (χ4n) is 1.48. The van der Waals surface area contributed by atoms with E-state index in [0.717, 1.165) is 0 Å². The number of thiocarbonyl (C=S) groups is 1. The Bertz CT molecular complexity index is 450. The van der Waals surface area contributed by atoms with E-state index in [1.54, 1.807) is 36.4 Å². The molecule has 102 valence electrons. The Morgan fingerprint density at radius 3 is 2.58 bits per heavy atom. The zero-order valence-electron chi connectivity index (χ0n) is 10.2. The van der Waals surface area contributed by atoms with Crippen LogP contribution in [0.15, 0.2) is 43.0 Å². The summed E-state index contributed by atoms with van der Waals surface area (Å²) in [6.07, 6.45) is 0.402. The topological polar surface area (TPSA) is 81.6 Å². The molecule has 0 saturated heterocycles. The van der Waals surface area contributed by atoms with Crippen molar-refractivity contribution in [1.29, 1.82) is 0 Å². The van der Waals surface area contributed by atoms with Gasteiger partial charge >= 0.3 is 5.97 Å². The van der Waals surface area contributed by atoms with Crippen LogP contribution in [0, 0.1) is 0 Å². The van der Waals surface area contributed by atoms with E-state index in [1.807, 2.05) is 0 Å². The highest BCUT2D eigenvalue weighted by Crippen LogP contribution is 2.16. The van der Waals surface area contributed by atoms with Crippen molar-refractivity contribution in [3.8, 4) is 0 Å². The van der Waals surface area contributed by atoms with Crippen molar-refractivity contribution in [3.63, 3.8) is 0 Å². The van der Waals surface area contributed by atoms with Gasteiger partial charge in [0, 0.05) is 6.54 Å². The summed E-state index contributed by atoms with van der Waals surface area (Å²) in [4.78, 5) is 11.2. The Hall–Kier alpha value is -1.92. The Morgan fingerprint density at radius 1 is 1.42 bits per heavy atom. The normalized spacial score (nSPS) is 13.1. The van der Waals surface area contributed by atoms with Crippen LogP contribution < -0.4 is 10.6 Å². The largest absolute Gasteiger partial charge is 0.480 e. The predicted octanol–water partition coefficient (Wildman–Crippen LogP) is 0.823. The van der Waals surface area contributed by atoms with Crippen molar-refractivity contribution >= 4 is 23.3 Å². The van der Waals surface area contributed by atoms with Gasteiger partial charge in [-0.2, -0.15) is 0 Å². The summed E-state index contributed by atoms with van der Waals surface area (Å²) in [6, 6.07) is 7.34. The van der Waals surface area contributed by atoms with Crippen LogP contribution in [0.5, 0.6) is 0 Å². The summed E-state index contributed by atoms with van der Waals surface area (Å²) in [6.45, 7) is 3.93. The van der Waals surface area contributed by atoms with Crippen molar-refractivity contribution < 1.29 is 15.0 Å². The van der Waals surface area contributed by atoms with Crippen LogP contribution in [0.1, 0.15) is 11.7 Å². The number of aliphatic hydroxyl groups is 1. The van der Waals surface area contributed by atoms with Gasteiger partial charge in [0.1, 0.15) is 6.10 Å². The molecule has 2 unspecified atom stereocenters. The lowest BCUT2D eigenvalue weighted by atomic mass is 10.0. The molecule has 19 heavy (non-hydrogen) atoms. The first-order valence-corrected chi connectivity index (χ1v) is 6.08. The van der Waals surface area contributed by atoms with Crippen LogP contribution in [0.4, 0.5) is 0 Å². The molecule has 4 N–H and O–H groups in total. The van der Waals surface area contributed by atoms with Crippen molar-refractivity contribution in [2.45, 2.75) is 12.1 Å². The summed E-state index contributed by atoms with van der Waals surface area (Å²) in [5.41, 5.74) is 0.508. The number of carboxylic acids is 1. The number of aliphatic carboxylic acids is 1. The molecule has 0 fully saturated rings. The average Bonchev–Trinajstić information content (AvgIpc) is 2.42. The maximum atomic E-state index is 11.2. The smallest absolute Gasteiger partial charge is 0.329 e. The first kappa shape index (κ1) is 15.1. The van der Waals surface area contributed by atoms with E-state index in [2.05, 4.69) is 17.2 Å². The van der Waals surface area contributed by atoms with Gasteiger partial charge in [0.2, 0.25) is 0 Å². The molecule has 0 spiro atoms. The maximum Gasteiger partial charge on any atom is 0.329 e. The predicted molar refractivity (Wildman–Crippen MR) is 76.8 cm³/mol. The van der Waals surface area contributed by atoms with E-state index in [-0.39, 0.29) is 5.11 Å². The fourth-order valence-corrected chi connectivity index (χ4v) is 1.69. The second-order valence-corrected chi connectivity index (χ2v) is 4.22. The number of hydrogen-bond acceptors (Lipinski definition) is 3. The number of aliphatic hydroxyl groups excluding tert-OH is 1. The minimum atomic E-state index is -1.22. The number of carbonyl (C=O) groups is 1. The van der Waals surface area contributed by atoms with Crippen molar-refractivity contribution in [2.24, 2.45) is 0 Å². The lowest BCUT2D eigenvalue weighted by molar-refractivity contribution is -0.142. The monoisotopic (exact) mass is 280 g/mol. The summed E-state index contributed by atoms with van der Waals surface area (Å²) in [5, 5.41) is 24.7. The van der Waals surface area contributed by atoms with Crippen LogP contribution in [0.2, 0.25) is 0 Å². The quantitative estimate of drug-likeness (QED) is 0.456. The first-order chi connectivity index (χ1) is 9.06. The van der Waals surface area contributed by atoms with Crippen molar-refractivity contribution in [3.05, 3.63) is 48.6 Å². The molecule has 2 atom stereocenters. The van der Waals surface area contributed by atoms with Gasteiger partial charge in [0.05, 0.1) is 0 Å². The molecule has 0 saturated carbocycles. The average molecular weight is 280 g/mol. The zero-order valence-corrected chi connectivity index (χ0v) is 11.1. The molecular weight excluding hydrogens is 264 g/mol. The molecule has 0 bridgehead atoms. The minimum absolute atomic E-state index is 0.155. The SMILES string of the molecule is C=CCNC(=S)NC(C(=O)O)C(O)c1ccccc1. The van der Waals surface area contributed by atoms with E-state index in [4.69, 9.17) is 17.3 Å². The molecule has 1 aromatic rings. The molecule has 0 aliphatic carbocycles. The molecule has 6 heteroatoms. The highest BCUT2D eigenvalue weighted by molar-refractivity contribution is 7.80. The first-order valence-electron chi connectivity index (χ1n) is 5.67. The van der Waals surface area contributed by atoms with Crippen LogP contribution >= 0.6 is 12.2 Å². The number of hydrogen-bond donors (Lipinski definition) is 4. The highest BCUT2D eigenvalue weighted by Gasteiger charge is 2.28. The number of benzene rings is 1. The Kier molecular flexibility index (Phi) is 5.98. The van der Waals surface area contributed by atoms with Crippen LogP contribution in [0.25, 0.3) is 0 Å². The fraction of sp³-hybridized carbons (Fsp3) is 0.231. The lowest BCUT2D eigenvalue weighted by Crippen LogP contribution is -2.48. The van der Waals surface area contributed by atoms with E-state index in [0.29, 0.717) is 12.1 Å². The minimum Gasteiger partial charge on any atom is -0.480 e. The molecule has 0 aliphatic rings. The zero-order chi connectivity index (χ0) is 14.3. The van der Waals surface area contributed by atoms with E-state index in [9.17, 15) is 9.90 Å². The van der Waals surface area contributed by atoms with Crippen molar-refractivity contribution in [1.82, 2.24) is 10.6 Å². The molecule has 1 rings (SSSR count). The van der Waals surface area contributed by atoms with Crippen LogP contribution in [-0.4, -0.2) is 33.9 Å². The van der Waals surface area contributed by atoms with E-state index in [1.165, 1.54) is 0 Å². The van der Waals surface area contributed by atoms with Gasteiger partial charge in [-0.3, -0.25) is 0 Å². The Balaban J connectivity index is 2.75. The number of nitrogens with one attached hydrogen (secondary N) is 2. The van der Waals surface area contributed by atoms with Gasteiger partial charge in [-0.1, -0.05) is 36.4 Å². The molecule has 0 amide bonds.